The molecule has 3 nitrogen and oxygen atoms in total. The topological polar surface area (TPSA) is 46.5 Å². The summed E-state index contributed by atoms with van der Waals surface area (Å²) < 4.78 is 4.31. The summed E-state index contributed by atoms with van der Waals surface area (Å²) in [4.78, 5) is 9.62. The van der Waals surface area contributed by atoms with Crippen molar-refractivity contribution in [2.45, 2.75) is 13.1 Å². The van der Waals surface area contributed by atoms with E-state index in [9.17, 15) is 4.79 Å². The SMILES string of the molecule is C[SiH](C)OC(=O)O. The molecule has 4 heteroatoms. The molecule has 0 amide bonds. The van der Waals surface area contributed by atoms with E-state index in [4.69, 9.17) is 5.11 Å². The maximum atomic E-state index is 9.62. The minimum atomic E-state index is -1.33. The molecule has 1 N–H and O–H groups in total. The molecule has 0 spiro atoms. The van der Waals surface area contributed by atoms with Crippen LogP contribution in [0.2, 0.25) is 13.1 Å². The van der Waals surface area contributed by atoms with Crippen LogP contribution < -0.4 is 0 Å². The maximum Gasteiger partial charge on any atom is 0.491 e. The predicted octanol–water partition coefficient (Wildman–Crippen LogP) is 0.664. The Labute approximate surface area is 43.6 Å². The van der Waals surface area contributed by atoms with Crippen molar-refractivity contribution in [3.8, 4) is 0 Å². The van der Waals surface area contributed by atoms with E-state index in [0.29, 0.717) is 0 Å². The Morgan fingerprint density at radius 2 is 2.14 bits per heavy atom. The fraction of sp³-hybridized carbons (Fsp3) is 0.667. The zero-order chi connectivity index (χ0) is 5.86. The highest BCUT2D eigenvalue weighted by molar-refractivity contribution is 6.50. The molecule has 42 valence electrons. The number of carboxylic acid groups (broad SMARTS) is 1. The minimum Gasteiger partial charge on any atom is -0.492 e. The largest absolute Gasteiger partial charge is 0.492 e. The van der Waals surface area contributed by atoms with E-state index >= 15 is 0 Å². The van der Waals surface area contributed by atoms with Crippen LogP contribution in [0.1, 0.15) is 0 Å². The Hall–Kier alpha value is -0.513. The summed E-state index contributed by atoms with van der Waals surface area (Å²) in [6, 6.07) is 0. The molecule has 0 unspecified atom stereocenters. The molecule has 0 bridgehead atoms. The minimum absolute atomic E-state index is 1.15. The average Bonchev–Trinajstić information content (AvgIpc) is 1.27. The van der Waals surface area contributed by atoms with Gasteiger partial charge in [0.15, 0.2) is 0 Å². The summed E-state index contributed by atoms with van der Waals surface area (Å²) in [5.74, 6) is 0. The van der Waals surface area contributed by atoms with Gasteiger partial charge in [0.05, 0.1) is 0 Å². The van der Waals surface area contributed by atoms with Crippen molar-refractivity contribution in [1.82, 2.24) is 0 Å². The van der Waals surface area contributed by atoms with Crippen LogP contribution >= 0.6 is 0 Å². The highest BCUT2D eigenvalue weighted by Gasteiger charge is 1.99. The summed E-state index contributed by atoms with van der Waals surface area (Å²) in [5, 5.41) is 7.90. The lowest BCUT2D eigenvalue weighted by Gasteiger charge is -1.98. The normalized spacial score (nSPS) is 9.00. The van der Waals surface area contributed by atoms with Gasteiger partial charge in [-0.2, -0.15) is 0 Å². The molecule has 0 aromatic carbocycles. The first kappa shape index (κ1) is 6.49. The van der Waals surface area contributed by atoms with Gasteiger partial charge in [-0.1, -0.05) is 0 Å². The molecular formula is C3H8O3Si. The first-order valence-electron chi connectivity index (χ1n) is 2.02. The second kappa shape index (κ2) is 2.63. The van der Waals surface area contributed by atoms with E-state index in [1.807, 2.05) is 0 Å². The van der Waals surface area contributed by atoms with Crippen LogP contribution in [0.5, 0.6) is 0 Å². The second-order valence-electron chi connectivity index (χ2n) is 1.43. The van der Waals surface area contributed by atoms with E-state index in [2.05, 4.69) is 4.43 Å². The standard InChI is InChI=1S/C3H8O3Si/c1-7(2)6-3(4)5/h7H,1-2H3,(H,4,5). The molecule has 0 heterocycles. The summed E-state index contributed by atoms with van der Waals surface area (Å²) in [6.45, 7) is 3.60. The number of carbonyl (C=O) groups is 1. The Balaban J connectivity index is 3.13. The lowest BCUT2D eigenvalue weighted by molar-refractivity contribution is 0.145. The van der Waals surface area contributed by atoms with Crippen LogP contribution in [-0.2, 0) is 4.43 Å². The number of hydrogen-bond donors (Lipinski definition) is 1. The highest BCUT2D eigenvalue weighted by atomic mass is 28.3. The molecule has 0 saturated carbocycles. The molecule has 7 heavy (non-hydrogen) atoms. The first-order chi connectivity index (χ1) is 3.13. The zero-order valence-corrected chi connectivity index (χ0v) is 5.50. The van der Waals surface area contributed by atoms with Crippen molar-refractivity contribution in [2.24, 2.45) is 0 Å². The van der Waals surface area contributed by atoms with Gasteiger partial charge in [0.1, 0.15) is 0 Å². The molecule has 0 atom stereocenters. The highest BCUT2D eigenvalue weighted by Crippen LogP contribution is 1.81. The van der Waals surface area contributed by atoms with E-state index in [1.165, 1.54) is 0 Å². The van der Waals surface area contributed by atoms with E-state index in [0.717, 1.165) is 0 Å². The van der Waals surface area contributed by atoms with Gasteiger partial charge in [-0.25, -0.2) is 4.79 Å². The van der Waals surface area contributed by atoms with E-state index in [1.54, 1.807) is 13.1 Å². The quantitative estimate of drug-likeness (QED) is 0.517. The van der Waals surface area contributed by atoms with Gasteiger partial charge in [0.25, 0.3) is 0 Å². The van der Waals surface area contributed by atoms with Crippen LogP contribution in [0.25, 0.3) is 0 Å². The van der Waals surface area contributed by atoms with Gasteiger partial charge in [0, 0.05) is 0 Å². The van der Waals surface area contributed by atoms with Crippen LogP contribution in [0.4, 0.5) is 4.79 Å². The summed E-state index contributed by atoms with van der Waals surface area (Å²) in [7, 11) is -1.33. The van der Waals surface area contributed by atoms with Crippen LogP contribution in [0.15, 0.2) is 0 Å². The predicted molar refractivity (Wildman–Crippen MR) is 28.0 cm³/mol. The van der Waals surface area contributed by atoms with Crippen LogP contribution in [0, 0.1) is 0 Å². The lowest BCUT2D eigenvalue weighted by Crippen LogP contribution is -2.12. The van der Waals surface area contributed by atoms with E-state index in [-0.39, 0.29) is 0 Å². The van der Waals surface area contributed by atoms with Crippen molar-refractivity contribution in [3.63, 3.8) is 0 Å². The van der Waals surface area contributed by atoms with Gasteiger partial charge >= 0.3 is 6.16 Å². The van der Waals surface area contributed by atoms with Gasteiger partial charge in [-0.05, 0) is 13.1 Å². The molecule has 0 aromatic heterocycles. The molecule has 0 aliphatic carbocycles. The third-order valence-electron chi connectivity index (χ3n) is 0.337. The Morgan fingerprint density at radius 3 is 2.14 bits per heavy atom. The molecule has 0 aromatic rings. The fourth-order valence-electron chi connectivity index (χ4n) is 0.202. The van der Waals surface area contributed by atoms with E-state index < -0.39 is 15.2 Å². The zero-order valence-electron chi connectivity index (χ0n) is 4.34. The summed E-state index contributed by atoms with van der Waals surface area (Å²) in [5.41, 5.74) is 0. The van der Waals surface area contributed by atoms with Gasteiger partial charge in [-0.15, -0.1) is 0 Å². The number of hydrogen-bond acceptors (Lipinski definition) is 2. The number of rotatable bonds is 1. The maximum absolute atomic E-state index is 9.62. The van der Waals surface area contributed by atoms with Gasteiger partial charge in [0.2, 0.25) is 9.04 Å². The van der Waals surface area contributed by atoms with Gasteiger partial charge in [-0.3, -0.25) is 0 Å². The molecular weight excluding hydrogens is 112 g/mol. The van der Waals surface area contributed by atoms with Gasteiger partial charge < -0.3 is 9.53 Å². The first-order valence-corrected chi connectivity index (χ1v) is 4.80. The van der Waals surface area contributed by atoms with Crippen molar-refractivity contribution in [3.05, 3.63) is 0 Å². The van der Waals surface area contributed by atoms with Crippen molar-refractivity contribution >= 4 is 15.2 Å². The summed E-state index contributed by atoms with van der Waals surface area (Å²) >= 11 is 0. The average molecular weight is 120 g/mol. The Morgan fingerprint density at radius 1 is 1.71 bits per heavy atom. The molecule has 0 fully saturated rings. The lowest BCUT2D eigenvalue weighted by atomic mass is 11.5. The molecule has 0 aliphatic rings. The molecule has 0 saturated heterocycles. The van der Waals surface area contributed by atoms with Crippen LogP contribution in [0.3, 0.4) is 0 Å². The molecule has 0 aliphatic heterocycles. The van der Waals surface area contributed by atoms with Crippen molar-refractivity contribution < 1.29 is 14.3 Å². The smallest absolute Gasteiger partial charge is 0.491 e. The Kier molecular flexibility index (Phi) is 2.43. The van der Waals surface area contributed by atoms with Crippen molar-refractivity contribution in [2.75, 3.05) is 0 Å². The molecule has 0 rings (SSSR count). The molecule has 0 radical (unpaired) electrons. The monoisotopic (exact) mass is 120 g/mol. The third-order valence-corrected chi connectivity index (χ3v) is 1.01. The van der Waals surface area contributed by atoms with Crippen molar-refractivity contribution in [1.29, 1.82) is 0 Å². The third kappa shape index (κ3) is 5.49. The van der Waals surface area contributed by atoms with Crippen LogP contribution in [-0.4, -0.2) is 20.3 Å². The second-order valence-corrected chi connectivity index (χ2v) is 3.77. The summed E-state index contributed by atoms with van der Waals surface area (Å²) in [6.07, 6.45) is -1.15. The fourth-order valence-corrected chi connectivity index (χ4v) is 0.605. The Bertz CT molecular complexity index is 70.6.